The largest absolute Gasteiger partial charge is 0.444 e. The maximum Gasteiger partial charge on any atom is 0.410 e. The summed E-state index contributed by atoms with van der Waals surface area (Å²) < 4.78 is 5.20. The number of aldehydes is 1. The number of likely N-dealkylation sites (N-methyl/N-ethyl adjacent to an activating group) is 2. The molecule has 0 spiro atoms. The van der Waals surface area contributed by atoms with Crippen LogP contribution in [0.5, 0.6) is 0 Å². The molecule has 0 rings (SSSR count). The van der Waals surface area contributed by atoms with Crippen LogP contribution >= 0.6 is 0 Å². The highest BCUT2D eigenvalue weighted by molar-refractivity contribution is 5.78. The summed E-state index contributed by atoms with van der Waals surface area (Å²) in [6, 6.07) is 0. The van der Waals surface area contributed by atoms with Crippen LogP contribution in [0.15, 0.2) is 0 Å². The lowest BCUT2D eigenvalue weighted by molar-refractivity contribution is -0.123. The van der Waals surface area contributed by atoms with Gasteiger partial charge in [-0.15, -0.1) is 0 Å². The molecule has 0 aromatic carbocycles. The lowest BCUT2D eigenvalue weighted by Crippen LogP contribution is -2.37. The fourth-order valence-electron chi connectivity index (χ4n) is 1.22. The highest BCUT2D eigenvalue weighted by Crippen LogP contribution is 2.08. The monoisotopic (exact) mass is 361 g/mol. The predicted octanol–water partition coefficient (Wildman–Crippen LogP) is 2.40. The molecule has 0 aliphatic carbocycles. The average Bonchev–Trinajstić information content (AvgIpc) is 2.53. The first kappa shape index (κ1) is 28.2. The summed E-state index contributed by atoms with van der Waals surface area (Å²) in [4.78, 5) is 35.6. The Morgan fingerprint density at radius 1 is 1.12 bits per heavy atom. The first-order chi connectivity index (χ1) is 11.4. The van der Waals surface area contributed by atoms with Gasteiger partial charge in [0.15, 0.2) is 0 Å². The van der Waals surface area contributed by atoms with Crippen LogP contribution in [0.1, 0.15) is 48.0 Å². The van der Waals surface area contributed by atoms with Gasteiger partial charge in [0.05, 0.1) is 0 Å². The van der Waals surface area contributed by atoms with Crippen LogP contribution in [0.25, 0.3) is 0 Å². The molecule has 0 aromatic rings. The van der Waals surface area contributed by atoms with E-state index >= 15 is 0 Å². The standard InChI is InChI=1S/C10H22N2O2.C6H11NO2.C2H6/c1-10(2,3)14-9(13)12(6)8-7-11(4)5;1-5(4-8)3-6(9)7-2;1-2/h7-8H2,1-6H3;4-5H,3H2,1-2H3,(H,7,9);1-2H3. The van der Waals surface area contributed by atoms with E-state index in [1.807, 2.05) is 53.6 Å². The van der Waals surface area contributed by atoms with Crippen LogP contribution < -0.4 is 5.32 Å². The Hall–Kier alpha value is -1.63. The van der Waals surface area contributed by atoms with Gasteiger partial charge in [-0.25, -0.2) is 4.79 Å². The SMILES string of the molecule is CC.CN(C)CCN(C)C(=O)OC(C)(C)C.CNC(=O)CC(C)C=O. The molecule has 0 radical (unpaired) electrons. The van der Waals surface area contributed by atoms with Crippen molar-refractivity contribution in [1.29, 1.82) is 0 Å². The van der Waals surface area contributed by atoms with Crippen molar-refractivity contribution in [3.05, 3.63) is 0 Å². The van der Waals surface area contributed by atoms with Crippen molar-refractivity contribution in [2.24, 2.45) is 5.92 Å². The summed E-state index contributed by atoms with van der Waals surface area (Å²) in [5.74, 6) is -0.250. The van der Waals surface area contributed by atoms with E-state index in [4.69, 9.17) is 4.74 Å². The fraction of sp³-hybridized carbons (Fsp3) is 0.833. The summed E-state index contributed by atoms with van der Waals surface area (Å²) in [5.41, 5.74) is -0.413. The highest BCUT2D eigenvalue weighted by Gasteiger charge is 2.19. The van der Waals surface area contributed by atoms with Crippen LogP contribution in [0, 0.1) is 5.92 Å². The molecule has 0 aliphatic rings. The number of rotatable bonds is 6. The second-order valence-corrected chi connectivity index (χ2v) is 6.70. The molecule has 0 saturated carbocycles. The van der Waals surface area contributed by atoms with Gasteiger partial charge in [-0.1, -0.05) is 20.8 Å². The van der Waals surface area contributed by atoms with Crippen molar-refractivity contribution in [1.82, 2.24) is 15.1 Å². The maximum atomic E-state index is 11.5. The van der Waals surface area contributed by atoms with Gasteiger partial charge in [0, 0.05) is 39.5 Å². The van der Waals surface area contributed by atoms with Crippen molar-refractivity contribution in [2.45, 2.75) is 53.6 Å². The van der Waals surface area contributed by atoms with Crippen LogP contribution in [0.4, 0.5) is 4.79 Å². The third-order valence-electron chi connectivity index (χ3n) is 2.61. The predicted molar refractivity (Wildman–Crippen MR) is 103 cm³/mol. The molecule has 0 fully saturated rings. The second kappa shape index (κ2) is 15.9. The van der Waals surface area contributed by atoms with Crippen molar-refractivity contribution in [3.63, 3.8) is 0 Å². The minimum absolute atomic E-state index is 0.0883. The van der Waals surface area contributed by atoms with Gasteiger partial charge in [0.1, 0.15) is 11.9 Å². The molecule has 1 unspecified atom stereocenters. The molecule has 25 heavy (non-hydrogen) atoms. The Morgan fingerprint density at radius 3 is 1.92 bits per heavy atom. The smallest absolute Gasteiger partial charge is 0.410 e. The third-order valence-corrected chi connectivity index (χ3v) is 2.61. The molecular weight excluding hydrogens is 322 g/mol. The van der Waals surface area contributed by atoms with Gasteiger partial charge in [-0.05, 0) is 34.9 Å². The van der Waals surface area contributed by atoms with E-state index < -0.39 is 5.60 Å². The van der Waals surface area contributed by atoms with E-state index in [2.05, 4.69) is 5.32 Å². The minimum atomic E-state index is -0.413. The molecule has 1 N–H and O–H groups in total. The summed E-state index contributed by atoms with van der Waals surface area (Å²) in [6.45, 7) is 12.8. The summed E-state index contributed by atoms with van der Waals surface area (Å²) in [6.07, 6.45) is 0.800. The molecule has 150 valence electrons. The minimum Gasteiger partial charge on any atom is -0.444 e. The van der Waals surface area contributed by atoms with Crippen molar-refractivity contribution >= 4 is 18.3 Å². The number of nitrogens with one attached hydrogen (secondary N) is 1. The van der Waals surface area contributed by atoms with Gasteiger partial charge in [0.2, 0.25) is 5.91 Å². The van der Waals surface area contributed by atoms with Crippen LogP contribution in [0.3, 0.4) is 0 Å². The quantitative estimate of drug-likeness (QED) is 0.735. The number of hydrogen-bond donors (Lipinski definition) is 1. The Labute approximate surface area is 154 Å². The van der Waals surface area contributed by atoms with Gasteiger partial charge in [-0.3, -0.25) is 4.79 Å². The molecule has 0 saturated heterocycles. The zero-order valence-electron chi connectivity index (χ0n) is 17.8. The number of hydrogen-bond acceptors (Lipinski definition) is 5. The first-order valence-corrected chi connectivity index (χ1v) is 8.67. The summed E-state index contributed by atoms with van der Waals surface area (Å²) >= 11 is 0. The molecule has 2 amide bonds. The molecule has 0 heterocycles. The molecule has 1 atom stereocenters. The van der Waals surface area contributed by atoms with E-state index in [0.717, 1.165) is 12.8 Å². The first-order valence-electron chi connectivity index (χ1n) is 8.67. The number of carbonyl (C=O) groups excluding carboxylic acids is 3. The Bertz CT molecular complexity index is 366. The zero-order chi connectivity index (χ0) is 20.6. The molecule has 0 aliphatic heterocycles. The zero-order valence-corrected chi connectivity index (χ0v) is 17.8. The Morgan fingerprint density at radius 2 is 1.60 bits per heavy atom. The van der Waals surface area contributed by atoms with E-state index in [-0.39, 0.29) is 17.9 Å². The van der Waals surface area contributed by atoms with Gasteiger partial charge in [-0.2, -0.15) is 0 Å². The number of amides is 2. The van der Waals surface area contributed by atoms with E-state index in [1.165, 1.54) is 0 Å². The van der Waals surface area contributed by atoms with E-state index in [9.17, 15) is 14.4 Å². The summed E-state index contributed by atoms with van der Waals surface area (Å²) in [5, 5.41) is 2.43. The average molecular weight is 362 g/mol. The third kappa shape index (κ3) is 22.4. The normalized spacial score (nSPS) is 11.2. The lowest BCUT2D eigenvalue weighted by atomic mass is 10.1. The van der Waals surface area contributed by atoms with Crippen molar-refractivity contribution < 1.29 is 19.1 Å². The molecule has 7 heteroatoms. The van der Waals surface area contributed by atoms with Gasteiger partial charge in [0.25, 0.3) is 0 Å². The van der Waals surface area contributed by atoms with Crippen molar-refractivity contribution in [3.8, 4) is 0 Å². The van der Waals surface area contributed by atoms with E-state index in [1.54, 1.807) is 25.9 Å². The Balaban J connectivity index is -0.000000380. The fourth-order valence-corrected chi connectivity index (χ4v) is 1.22. The number of nitrogens with zero attached hydrogens (tertiary/aromatic N) is 2. The number of ether oxygens (including phenoxy) is 1. The number of carbonyl (C=O) groups is 3. The molecular formula is C18H39N3O4. The Kier molecular flexibility index (Phi) is 17.9. The topological polar surface area (TPSA) is 79.0 Å². The molecule has 0 bridgehead atoms. The van der Waals surface area contributed by atoms with E-state index in [0.29, 0.717) is 13.0 Å². The highest BCUT2D eigenvalue weighted by atomic mass is 16.6. The molecule has 0 aromatic heterocycles. The van der Waals surface area contributed by atoms with Crippen LogP contribution in [-0.4, -0.2) is 75.0 Å². The summed E-state index contributed by atoms with van der Waals surface area (Å²) in [7, 11) is 7.25. The maximum absolute atomic E-state index is 11.5. The lowest BCUT2D eigenvalue weighted by Gasteiger charge is -2.25. The molecule has 7 nitrogen and oxygen atoms in total. The van der Waals surface area contributed by atoms with Crippen LogP contribution in [-0.2, 0) is 14.3 Å². The van der Waals surface area contributed by atoms with Crippen molar-refractivity contribution in [2.75, 3.05) is 41.3 Å². The van der Waals surface area contributed by atoms with Gasteiger partial charge >= 0.3 is 6.09 Å². The second-order valence-electron chi connectivity index (χ2n) is 6.70. The van der Waals surface area contributed by atoms with Crippen LogP contribution in [0.2, 0.25) is 0 Å². The van der Waals surface area contributed by atoms with Gasteiger partial charge < -0.3 is 24.6 Å².